The summed E-state index contributed by atoms with van der Waals surface area (Å²) in [6.45, 7) is 4.70. The first-order valence-corrected chi connectivity index (χ1v) is 6.54. The Morgan fingerprint density at radius 2 is 2.22 bits per heavy atom. The van der Waals surface area contributed by atoms with Crippen LogP contribution in [0.3, 0.4) is 0 Å². The Morgan fingerprint density at radius 1 is 1.44 bits per heavy atom. The zero-order chi connectivity index (χ0) is 12.8. The quantitative estimate of drug-likeness (QED) is 0.755. The van der Waals surface area contributed by atoms with Crippen LogP contribution in [0.2, 0.25) is 0 Å². The number of carbonyl (C=O) groups excluding carboxylic acids is 1. The molecule has 2 atom stereocenters. The average Bonchev–Trinajstić information content (AvgIpc) is 2.91. The molecule has 0 aromatic heterocycles. The molecule has 1 aromatic rings. The summed E-state index contributed by atoms with van der Waals surface area (Å²) in [6, 6.07) is 10.1. The highest BCUT2D eigenvalue weighted by molar-refractivity contribution is 5.74. The first kappa shape index (κ1) is 12.9. The van der Waals surface area contributed by atoms with Gasteiger partial charge in [0.05, 0.1) is 0 Å². The first-order valence-electron chi connectivity index (χ1n) is 6.54. The van der Waals surface area contributed by atoms with E-state index in [9.17, 15) is 4.79 Å². The van der Waals surface area contributed by atoms with Crippen LogP contribution in [0.15, 0.2) is 30.3 Å². The van der Waals surface area contributed by atoms with Crippen molar-refractivity contribution in [2.24, 2.45) is 5.92 Å². The fourth-order valence-corrected chi connectivity index (χ4v) is 2.26. The second kappa shape index (κ2) is 6.40. The molecule has 1 aromatic carbocycles. The SMILES string of the molecule is CC(NC(=O)NCc1ccccc1)C1CCNC1. The fourth-order valence-electron chi connectivity index (χ4n) is 2.26. The van der Waals surface area contributed by atoms with E-state index in [0.717, 1.165) is 25.1 Å². The molecule has 4 heteroatoms. The summed E-state index contributed by atoms with van der Waals surface area (Å²) in [5.41, 5.74) is 1.11. The van der Waals surface area contributed by atoms with Crippen molar-refractivity contribution in [1.82, 2.24) is 16.0 Å². The lowest BCUT2D eigenvalue weighted by atomic mass is 10.0. The van der Waals surface area contributed by atoms with Crippen molar-refractivity contribution in [3.63, 3.8) is 0 Å². The minimum atomic E-state index is -0.0850. The molecule has 0 aliphatic carbocycles. The zero-order valence-corrected chi connectivity index (χ0v) is 10.8. The van der Waals surface area contributed by atoms with E-state index >= 15 is 0 Å². The molecule has 1 fully saturated rings. The number of carbonyl (C=O) groups is 1. The Bertz CT molecular complexity index is 374. The predicted octanol–water partition coefficient (Wildman–Crippen LogP) is 1.48. The lowest BCUT2D eigenvalue weighted by molar-refractivity contribution is 0.233. The first-order chi connectivity index (χ1) is 8.75. The van der Waals surface area contributed by atoms with Crippen LogP contribution in [0.4, 0.5) is 4.79 Å². The van der Waals surface area contributed by atoms with Gasteiger partial charge >= 0.3 is 6.03 Å². The Hall–Kier alpha value is -1.55. The Balaban J connectivity index is 1.71. The zero-order valence-electron chi connectivity index (χ0n) is 10.8. The molecular weight excluding hydrogens is 226 g/mol. The number of benzene rings is 1. The van der Waals surface area contributed by atoms with Gasteiger partial charge in [0.25, 0.3) is 0 Å². The normalized spacial score (nSPS) is 20.4. The second-order valence-electron chi connectivity index (χ2n) is 4.85. The number of urea groups is 1. The van der Waals surface area contributed by atoms with Gasteiger partial charge in [0.2, 0.25) is 0 Å². The van der Waals surface area contributed by atoms with Crippen molar-refractivity contribution in [2.75, 3.05) is 13.1 Å². The highest BCUT2D eigenvalue weighted by atomic mass is 16.2. The molecule has 1 aliphatic heterocycles. The smallest absolute Gasteiger partial charge is 0.315 e. The minimum absolute atomic E-state index is 0.0850. The monoisotopic (exact) mass is 247 g/mol. The third-order valence-electron chi connectivity index (χ3n) is 3.46. The van der Waals surface area contributed by atoms with Crippen LogP contribution in [0, 0.1) is 5.92 Å². The van der Waals surface area contributed by atoms with Gasteiger partial charge in [-0.15, -0.1) is 0 Å². The summed E-state index contributed by atoms with van der Waals surface area (Å²) in [7, 11) is 0. The maximum Gasteiger partial charge on any atom is 0.315 e. The lowest BCUT2D eigenvalue weighted by Gasteiger charge is -2.20. The molecule has 1 aliphatic rings. The fraction of sp³-hybridized carbons (Fsp3) is 0.500. The van der Waals surface area contributed by atoms with Crippen molar-refractivity contribution >= 4 is 6.03 Å². The second-order valence-corrected chi connectivity index (χ2v) is 4.85. The molecule has 0 spiro atoms. The van der Waals surface area contributed by atoms with Crippen LogP contribution in [0.25, 0.3) is 0 Å². The summed E-state index contributed by atoms with van der Waals surface area (Å²) in [5, 5.41) is 9.20. The molecule has 1 saturated heterocycles. The van der Waals surface area contributed by atoms with Crippen molar-refractivity contribution < 1.29 is 4.79 Å². The Morgan fingerprint density at radius 3 is 2.89 bits per heavy atom. The maximum atomic E-state index is 11.7. The number of nitrogens with one attached hydrogen (secondary N) is 3. The molecule has 0 radical (unpaired) electrons. The number of amides is 2. The maximum absolute atomic E-state index is 11.7. The van der Waals surface area contributed by atoms with Crippen molar-refractivity contribution in [3.8, 4) is 0 Å². The van der Waals surface area contributed by atoms with Crippen LogP contribution >= 0.6 is 0 Å². The Kier molecular flexibility index (Phi) is 4.59. The molecule has 0 bridgehead atoms. The van der Waals surface area contributed by atoms with Gasteiger partial charge in [0.1, 0.15) is 0 Å². The summed E-state index contributed by atoms with van der Waals surface area (Å²) < 4.78 is 0. The minimum Gasteiger partial charge on any atom is -0.335 e. The van der Waals surface area contributed by atoms with E-state index in [4.69, 9.17) is 0 Å². The van der Waals surface area contributed by atoms with Gasteiger partial charge in [0, 0.05) is 12.6 Å². The van der Waals surface area contributed by atoms with E-state index in [1.54, 1.807) is 0 Å². The molecule has 0 saturated carbocycles. The van der Waals surface area contributed by atoms with Gasteiger partial charge in [-0.05, 0) is 37.9 Å². The molecule has 2 unspecified atom stereocenters. The van der Waals surface area contributed by atoms with Gasteiger partial charge in [0.15, 0.2) is 0 Å². The van der Waals surface area contributed by atoms with E-state index < -0.39 is 0 Å². The molecule has 2 rings (SSSR count). The van der Waals surface area contributed by atoms with Gasteiger partial charge in [-0.2, -0.15) is 0 Å². The number of rotatable bonds is 4. The highest BCUT2D eigenvalue weighted by Crippen LogP contribution is 2.11. The van der Waals surface area contributed by atoms with Crippen molar-refractivity contribution in [2.45, 2.75) is 25.9 Å². The molecule has 3 N–H and O–H groups in total. The van der Waals surface area contributed by atoms with E-state index in [1.165, 1.54) is 0 Å². The molecule has 4 nitrogen and oxygen atoms in total. The van der Waals surface area contributed by atoms with Gasteiger partial charge in [-0.3, -0.25) is 0 Å². The topological polar surface area (TPSA) is 53.2 Å². The number of hydrogen-bond acceptors (Lipinski definition) is 2. The molecule has 1 heterocycles. The molecule has 2 amide bonds. The van der Waals surface area contributed by atoms with Crippen LogP contribution in [0.5, 0.6) is 0 Å². The van der Waals surface area contributed by atoms with Crippen molar-refractivity contribution in [1.29, 1.82) is 0 Å². The van der Waals surface area contributed by atoms with Gasteiger partial charge < -0.3 is 16.0 Å². The summed E-state index contributed by atoms with van der Waals surface area (Å²) >= 11 is 0. The third-order valence-corrected chi connectivity index (χ3v) is 3.46. The Labute approximate surface area is 108 Å². The van der Waals surface area contributed by atoms with Crippen molar-refractivity contribution in [3.05, 3.63) is 35.9 Å². The number of hydrogen-bond donors (Lipinski definition) is 3. The van der Waals surface area contributed by atoms with Crippen LogP contribution < -0.4 is 16.0 Å². The molecular formula is C14H21N3O. The molecule has 98 valence electrons. The van der Waals surface area contributed by atoms with Crippen LogP contribution in [-0.4, -0.2) is 25.2 Å². The van der Waals surface area contributed by atoms with Gasteiger partial charge in [-0.25, -0.2) is 4.79 Å². The van der Waals surface area contributed by atoms with E-state index in [-0.39, 0.29) is 12.1 Å². The summed E-state index contributed by atoms with van der Waals surface area (Å²) in [5.74, 6) is 0.549. The molecule has 18 heavy (non-hydrogen) atoms. The average molecular weight is 247 g/mol. The summed E-state index contributed by atoms with van der Waals surface area (Å²) in [4.78, 5) is 11.7. The largest absolute Gasteiger partial charge is 0.335 e. The van der Waals surface area contributed by atoms with E-state index in [2.05, 4.69) is 22.9 Å². The third kappa shape index (κ3) is 3.74. The van der Waals surface area contributed by atoms with E-state index in [1.807, 2.05) is 30.3 Å². The highest BCUT2D eigenvalue weighted by Gasteiger charge is 2.22. The van der Waals surface area contributed by atoms with Crippen LogP contribution in [0.1, 0.15) is 18.9 Å². The summed E-state index contributed by atoms with van der Waals surface area (Å²) in [6.07, 6.45) is 1.14. The van der Waals surface area contributed by atoms with Gasteiger partial charge in [-0.1, -0.05) is 30.3 Å². The van der Waals surface area contributed by atoms with E-state index in [0.29, 0.717) is 12.5 Å². The predicted molar refractivity (Wildman–Crippen MR) is 72.3 cm³/mol. The lowest BCUT2D eigenvalue weighted by Crippen LogP contribution is -2.44. The standard InChI is InChI=1S/C14H21N3O/c1-11(13-7-8-15-10-13)17-14(18)16-9-12-5-3-2-4-6-12/h2-6,11,13,15H,7-10H2,1H3,(H2,16,17,18). The van der Waals surface area contributed by atoms with Crippen LogP contribution in [-0.2, 0) is 6.54 Å².